The second kappa shape index (κ2) is 10.9. The Balaban J connectivity index is 2.05. The number of ketones is 1. The van der Waals surface area contributed by atoms with Gasteiger partial charge in [-0.3, -0.25) is 10.1 Å². The minimum Gasteiger partial charge on any atom is -0.363 e. The van der Waals surface area contributed by atoms with Crippen molar-refractivity contribution in [2.24, 2.45) is 0 Å². The number of nitrogens with one attached hydrogen (secondary N) is 1. The van der Waals surface area contributed by atoms with Crippen LogP contribution in [0.1, 0.15) is 42.5 Å². The summed E-state index contributed by atoms with van der Waals surface area (Å²) in [6.07, 6.45) is 4.57. The minimum absolute atomic E-state index is 0.000957. The van der Waals surface area contributed by atoms with E-state index in [0.29, 0.717) is 12.3 Å². The van der Waals surface area contributed by atoms with Gasteiger partial charge >= 0.3 is 0 Å². The van der Waals surface area contributed by atoms with E-state index in [2.05, 4.69) is 36.5 Å². The van der Waals surface area contributed by atoms with Gasteiger partial charge in [-0.05, 0) is 81.5 Å². The number of carbonyl (C=O) groups is 1. The molecule has 28 heavy (non-hydrogen) atoms. The molecule has 0 aliphatic rings. The van der Waals surface area contributed by atoms with Crippen molar-refractivity contribution in [3.8, 4) is 0 Å². The van der Waals surface area contributed by atoms with E-state index >= 15 is 0 Å². The summed E-state index contributed by atoms with van der Waals surface area (Å²) in [6, 6.07) is 13.0. The quantitative estimate of drug-likeness (QED) is 0.470. The first-order chi connectivity index (χ1) is 13.4. The number of hydrogen-bond donors (Lipinski definition) is 1. The highest BCUT2D eigenvalue weighted by atomic mass is 19.1. The van der Waals surface area contributed by atoms with Gasteiger partial charge in [0.25, 0.3) is 0 Å². The Kier molecular flexibility index (Phi) is 8.55. The highest BCUT2D eigenvalue weighted by Gasteiger charge is 2.10. The van der Waals surface area contributed by atoms with E-state index in [0.717, 1.165) is 30.4 Å². The Morgan fingerprint density at radius 1 is 1.21 bits per heavy atom. The van der Waals surface area contributed by atoms with Crippen LogP contribution in [-0.2, 0) is 22.4 Å². The molecule has 2 aromatic carbocycles. The van der Waals surface area contributed by atoms with Gasteiger partial charge in [0, 0.05) is 5.57 Å². The first kappa shape index (κ1) is 22.0. The molecule has 0 bridgehead atoms. The summed E-state index contributed by atoms with van der Waals surface area (Å²) in [5.74, 6) is -0.284. The van der Waals surface area contributed by atoms with Gasteiger partial charge in [-0.15, -0.1) is 0 Å². The zero-order valence-electron chi connectivity index (χ0n) is 17.2. The fourth-order valence-corrected chi connectivity index (χ4v) is 3.28. The molecule has 3 nitrogen and oxygen atoms in total. The predicted octanol–water partition coefficient (Wildman–Crippen LogP) is 4.86. The van der Waals surface area contributed by atoms with Crippen LogP contribution in [0.5, 0.6) is 0 Å². The van der Waals surface area contributed by atoms with Crippen LogP contribution in [0.4, 0.5) is 4.39 Å². The van der Waals surface area contributed by atoms with Crippen molar-refractivity contribution in [3.05, 3.63) is 76.6 Å². The molecule has 150 valence electrons. The Bertz CT molecular complexity index is 829. The van der Waals surface area contributed by atoms with E-state index in [1.54, 1.807) is 13.0 Å². The lowest BCUT2D eigenvalue weighted by Gasteiger charge is -2.13. The Labute approximate surface area is 167 Å². The molecule has 4 heteroatoms. The lowest BCUT2D eigenvalue weighted by Crippen LogP contribution is -2.19. The maximum atomic E-state index is 13.4. The standard InChI is InChI=1S/C24H30FNO2/c1-17-13-22(25)11-12-23(17)24(19(3)27)10-6-8-20-7-5-9-21(15-20)14-18(2)28-16-26-4/h5,7,9-13,15,18,26H,6,8,14,16H2,1-4H3/b24-10-. The van der Waals surface area contributed by atoms with Crippen LogP contribution >= 0.6 is 0 Å². The van der Waals surface area contributed by atoms with Crippen molar-refractivity contribution in [2.45, 2.75) is 46.1 Å². The normalized spacial score (nSPS) is 12.8. The third-order valence-corrected chi connectivity index (χ3v) is 4.67. The predicted molar refractivity (Wildman–Crippen MR) is 113 cm³/mol. The van der Waals surface area contributed by atoms with Crippen LogP contribution < -0.4 is 5.32 Å². The summed E-state index contributed by atoms with van der Waals surface area (Å²) in [6.45, 7) is 6.00. The Morgan fingerprint density at radius 3 is 2.64 bits per heavy atom. The molecule has 0 fully saturated rings. The fraction of sp³-hybridized carbons (Fsp3) is 0.375. The van der Waals surface area contributed by atoms with E-state index < -0.39 is 0 Å². The largest absolute Gasteiger partial charge is 0.363 e. The number of halogens is 1. The number of rotatable bonds is 10. The molecule has 0 aliphatic carbocycles. The molecule has 0 aliphatic heterocycles. The van der Waals surface area contributed by atoms with Crippen LogP contribution in [0.15, 0.2) is 48.5 Å². The Morgan fingerprint density at radius 2 is 1.96 bits per heavy atom. The molecule has 2 rings (SSSR count). The fourth-order valence-electron chi connectivity index (χ4n) is 3.28. The maximum Gasteiger partial charge on any atom is 0.160 e. The smallest absolute Gasteiger partial charge is 0.160 e. The van der Waals surface area contributed by atoms with Gasteiger partial charge in [-0.1, -0.05) is 36.4 Å². The number of hydrogen-bond acceptors (Lipinski definition) is 3. The number of aryl methyl sites for hydroxylation is 2. The van der Waals surface area contributed by atoms with Crippen LogP contribution in [0, 0.1) is 12.7 Å². The molecule has 0 heterocycles. The van der Waals surface area contributed by atoms with Crippen molar-refractivity contribution >= 4 is 11.4 Å². The molecule has 1 unspecified atom stereocenters. The third-order valence-electron chi connectivity index (χ3n) is 4.67. The van der Waals surface area contributed by atoms with E-state index in [1.807, 2.05) is 20.0 Å². The Hall–Kier alpha value is -2.30. The van der Waals surface area contributed by atoms with Crippen molar-refractivity contribution < 1.29 is 13.9 Å². The maximum absolute atomic E-state index is 13.4. The van der Waals surface area contributed by atoms with Gasteiger partial charge < -0.3 is 4.74 Å². The monoisotopic (exact) mass is 383 g/mol. The summed E-state index contributed by atoms with van der Waals surface area (Å²) < 4.78 is 19.0. The highest BCUT2D eigenvalue weighted by molar-refractivity contribution is 6.19. The van der Waals surface area contributed by atoms with Gasteiger partial charge in [0.1, 0.15) is 5.82 Å². The molecule has 0 aromatic heterocycles. The molecule has 0 amide bonds. The summed E-state index contributed by atoms with van der Waals surface area (Å²) in [5, 5.41) is 2.99. The lowest BCUT2D eigenvalue weighted by molar-refractivity contribution is -0.111. The zero-order chi connectivity index (χ0) is 20.5. The number of benzene rings is 2. The zero-order valence-corrected chi connectivity index (χ0v) is 17.2. The van der Waals surface area contributed by atoms with Crippen LogP contribution in [-0.4, -0.2) is 25.7 Å². The third kappa shape index (κ3) is 6.70. The average Bonchev–Trinajstić information content (AvgIpc) is 2.64. The molecule has 1 atom stereocenters. The van der Waals surface area contributed by atoms with Gasteiger partial charge in [0.05, 0.1) is 12.8 Å². The topological polar surface area (TPSA) is 38.3 Å². The van der Waals surface area contributed by atoms with Crippen LogP contribution in [0.2, 0.25) is 0 Å². The molecular formula is C24H30FNO2. The number of ether oxygens (including phenoxy) is 1. The summed E-state index contributed by atoms with van der Waals surface area (Å²) >= 11 is 0. The average molecular weight is 384 g/mol. The summed E-state index contributed by atoms with van der Waals surface area (Å²) in [4.78, 5) is 12.1. The van der Waals surface area contributed by atoms with Crippen LogP contribution in [0.25, 0.3) is 5.57 Å². The lowest BCUT2D eigenvalue weighted by atomic mass is 9.95. The first-order valence-corrected chi connectivity index (χ1v) is 9.72. The summed E-state index contributed by atoms with van der Waals surface area (Å²) in [7, 11) is 1.86. The van der Waals surface area contributed by atoms with Crippen molar-refractivity contribution in [2.75, 3.05) is 13.8 Å². The van der Waals surface area contributed by atoms with Crippen LogP contribution in [0.3, 0.4) is 0 Å². The minimum atomic E-state index is -0.283. The number of allylic oxidation sites excluding steroid dienone is 2. The molecule has 0 saturated heterocycles. The van der Waals surface area contributed by atoms with Crippen molar-refractivity contribution in [1.82, 2.24) is 5.32 Å². The first-order valence-electron chi connectivity index (χ1n) is 9.72. The second-order valence-electron chi connectivity index (χ2n) is 7.17. The number of carbonyl (C=O) groups excluding carboxylic acids is 1. The second-order valence-corrected chi connectivity index (χ2v) is 7.17. The van der Waals surface area contributed by atoms with Gasteiger partial charge in [-0.2, -0.15) is 0 Å². The van der Waals surface area contributed by atoms with Crippen molar-refractivity contribution in [3.63, 3.8) is 0 Å². The molecule has 0 saturated carbocycles. The summed E-state index contributed by atoms with van der Waals surface area (Å²) in [5.41, 5.74) is 4.71. The van der Waals surface area contributed by atoms with E-state index in [-0.39, 0.29) is 17.7 Å². The van der Waals surface area contributed by atoms with E-state index in [1.165, 1.54) is 23.3 Å². The molecule has 2 aromatic rings. The molecule has 0 radical (unpaired) electrons. The number of Topliss-reactive ketones (excluding diaryl/α,β-unsaturated/α-hetero) is 1. The SMILES string of the molecule is CNCOC(C)Cc1cccc(CC/C=C(/C(C)=O)c2ccc(F)cc2C)c1. The van der Waals surface area contributed by atoms with Crippen molar-refractivity contribution in [1.29, 1.82) is 0 Å². The van der Waals surface area contributed by atoms with Gasteiger partial charge in [0.15, 0.2) is 5.78 Å². The molecular weight excluding hydrogens is 353 g/mol. The highest BCUT2D eigenvalue weighted by Crippen LogP contribution is 2.22. The van der Waals surface area contributed by atoms with E-state index in [4.69, 9.17) is 4.74 Å². The van der Waals surface area contributed by atoms with Gasteiger partial charge in [0.2, 0.25) is 0 Å². The van der Waals surface area contributed by atoms with Gasteiger partial charge in [-0.25, -0.2) is 4.39 Å². The van der Waals surface area contributed by atoms with E-state index in [9.17, 15) is 9.18 Å². The molecule has 1 N–H and O–H groups in total. The molecule has 0 spiro atoms.